The van der Waals surface area contributed by atoms with Crippen molar-refractivity contribution in [1.29, 1.82) is 0 Å². The van der Waals surface area contributed by atoms with Gasteiger partial charge < -0.3 is 4.74 Å². The Morgan fingerprint density at radius 2 is 1.71 bits per heavy atom. The summed E-state index contributed by atoms with van der Waals surface area (Å²) >= 11 is 3.43. The van der Waals surface area contributed by atoms with Gasteiger partial charge in [0.2, 0.25) is 10.0 Å². The fourth-order valence-electron chi connectivity index (χ4n) is 1.95. The van der Waals surface area contributed by atoms with E-state index in [-0.39, 0.29) is 10.9 Å². The molecule has 0 amide bonds. The Labute approximate surface area is 133 Å². The van der Waals surface area contributed by atoms with Gasteiger partial charge in [0.05, 0.1) is 12.0 Å². The highest BCUT2D eigenvalue weighted by molar-refractivity contribution is 9.10. The lowest BCUT2D eigenvalue weighted by Crippen LogP contribution is -2.27. The summed E-state index contributed by atoms with van der Waals surface area (Å²) in [6, 6.07) is 13.5. The van der Waals surface area contributed by atoms with Crippen LogP contribution in [0.2, 0.25) is 0 Å². The molecule has 0 aliphatic heterocycles. The van der Waals surface area contributed by atoms with Gasteiger partial charge in [-0.1, -0.05) is 34.1 Å². The summed E-state index contributed by atoms with van der Waals surface area (Å²) in [5.41, 5.74) is 0.884. The van der Waals surface area contributed by atoms with E-state index in [0.717, 1.165) is 10.0 Å². The molecule has 2 aromatic carbocycles. The minimum Gasteiger partial charge on any atom is -0.497 e. The first-order valence-electron chi connectivity index (χ1n) is 6.35. The van der Waals surface area contributed by atoms with E-state index in [1.54, 1.807) is 19.1 Å². The van der Waals surface area contributed by atoms with Crippen LogP contribution in [-0.2, 0) is 10.0 Å². The van der Waals surface area contributed by atoms with Crippen LogP contribution in [0.3, 0.4) is 0 Å². The molecule has 0 spiro atoms. The largest absolute Gasteiger partial charge is 0.497 e. The Kier molecular flexibility index (Phi) is 5.03. The van der Waals surface area contributed by atoms with E-state index in [4.69, 9.17) is 4.74 Å². The van der Waals surface area contributed by atoms with Gasteiger partial charge in [0.15, 0.2) is 0 Å². The second-order valence-electron chi connectivity index (χ2n) is 4.54. The molecule has 0 heterocycles. The molecule has 0 bridgehead atoms. The molecular formula is C15H16BrNO3S. The summed E-state index contributed by atoms with van der Waals surface area (Å²) in [6.07, 6.45) is 0. The van der Waals surface area contributed by atoms with Crippen molar-refractivity contribution in [2.24, 2.45) is 0 Å². The molecule has 1 N–H and O–H groups in total. The van der Waals surface area contributed by atoms with E-state index >= 15 is 0 Å². The summed E-state index contributed by atoms with van der Waals surface area (Å²) in [5.74, 6) is 0.618. The Bertz CT molecular complexity index is 714. The van der Waals surface area contributed by atoms with Crippen molar-refractivity contribution < 1.29 is 13.2 Å². The van der Waals surface area contributed by atoms with Crippen LogP contribution in [0.1, 0.15) is 18.5 Å². The molecule has 4 nitrogen and oxygen atoms in total. The molecule has 0 aliphatic carbocycles. The van der Waals surface area contributed by atoms with Crippen molar-refractivity contribution >= 4 is 26.0 Å². The fraction of sp³-hybridized carbons (Fsp3) is 0.200. The van der Waals surface area contributed by atoms with E-state index < -0.39 is 10.0 Å². The molecule has 1 atom stereocenters. The van der Waals surface area contributed by atoms with Crippen molar-refractivity contribution in [2.75, 3.05) is 7.11 Å². The number of nitrogens with one attached hydrogen (secondary N) is 1. The van der Waals surface area contributed by atoms with Gasteiger partial charge in [-0.2, -0.15) is 0 Å². The van der Waals surface area contributed by atoms with E-state index in [9.17, 15) is 8.42 Å². The molecule has 2 rings (SSSR count). The van der Waals surface area contributed by atoms with Crippen LogP contribution in [0.5, 0.6) is 5.75 Å². The summed E-state index contributed by atoms with van der Waals surface area (Å²) in [4.78, 5) is 0.210. The van der Waals surface area contributed by atoms with Gasteiger partial charge in [-0.25, -0.2) is 13.1 Å². The van der Waals surface area contributed by atoms with Crippen molar-refractivity contribution in [1.82, 2.24) is 4.72 Å². The van der Waals surface area contributed by atoms with E-state index in [1.807, 2.05) is 24.3 Å². The molecular weight excluding hydrogens is 354 g/mol. The maximum absolute atomic E-state index is 12.4. The van der Waals surface area contributed by atoms with E-state index in [0.29, 0.717) is 5.75 Å². The van der Waals surface area contributed by atoms with E-state index in [1.165, 1.54) is 19.2 Å². The summed E-state index contributed by atoms with van der Waals surface area (Å²) in [6.45, 7) is 1.81. The summed E-state index contributed by atoms with van der Waals surface area (Å²) in [5, 5.41) is 0. The van der Waals surface area contributed by atoms with Crippen LogP contribution in [0.15, 0.2) is 57.9 Å². The molecule has 0 saturated carbocycles. The van der Waals surface area contributed by atoms with Crippen LogP contribution in [0.25, 0.3) is 0 Å². The Balaban J connectivity index is 2.22. The Morgan fingerprint density at radius 3 is 2.29 bits per heavy atom. The molecule has 0 aromatic heterocycles. The number of halogens is 1. The average molecular weight is 370 g/mol. The first-order chi connectivity index (χ1) is 9.94. The number of hydrogen-bond acceptors (Lipinski definition) is 3. The third-order valence-corrected chi connectivity index (χ3v) is 5.35. The quantitative estimate of drug-likeness (QED) is 0.877. The molecule has 2 aromatic rings. The summed E-state index contributed by atoms with van der Waals surface area (Å²) < 4.78 is 33.3. The highest BCUT2D eigenvalue weighted by Crippen LogP contribution is 2.24. The van der Waals surface area contributed by atoms with Gasteiger partial charge in [0, 0.05) is 10.5 Å². The zero-order chi connectivity index (χ0) is 15.5. The Morgan fingerprint density at radius 1 is 1.10 bits per heavy atom. The average Bonchev–Trinajstić information content (AvgIpc) is 2.47. The van der Waals surface area contributed by atoms with Gasteiger partial charge in [-0.15, -0.1) is 0 Å². The zero-order valence-electron chi connectivity index (χ0n) is 11.7. The Hall–Kier alpha value is -1.37. The topological polar surface area (TPSA) is 55.4 Å². The number of ether oxygens (including phenoxy) is 1. The monoisotopic (exact) mass is 369 g/mol. The van der Waals surface area contributed by atoms with Gasteiger partial charge in [-0.05, 0) is 42.8 Å². The predicted molar refractivity (Wildman–Crippen MR) is 85.9 cm³/mol. The number of hydrogen-bond donors (Lipinski definition) is 1. The lowest BCUT2D eigenvalue weighted by Gasteiger charge is -2.16. The van der Waals surface area contributed by atoms with Crippen LogP contribution in [0, 0.1) is 0 Å². The third kappa shape index (κ3) is 3.84. The fourth-order valence-corrected chi connectivity index (χ4v) is 3.80. The van der Waals surface area contributed by atoms with Crippen LogP contribution < -0.4 is 9.46 Å². The number of rotatable bonds is 5. The standard InChI is InChI=1S/C15H16BrNO3S/c1-11(14-5-3-4-6-15(14)16)17-21(18,19)13-9-7-12(20-2)8-10-13/h3-11,17H,1-2H3/t11-/m1/s1. The minimum atomic E-state index is -3.58. The minimum absolute atomic E-state index is 0.210. The molecule has 0 aliphatic rings. The number of methoxy groups -OCH3 is 1. The van der Waals surface area contributed by atoms with Gasteiger partial charge in [0.1, 0.15) is 5.75 Å². The number of sulfonamides is 1. The second kappa shape index (κ2) is 6.60. The van der Waals surface area contributed by atoms with Crippen molar-refractivity contribution in [3.63, 3.8) is 0 Å². The lowest BCUT2D eigenvalue weighted by atomic mass is 10.1. The number of benzene rings is 2. The van der Waals surface area contributed by atoms with E-state index in [2.05, 4.69) is 20.7 Å². The first-order valence-corrected chi connectivity index (χ1v) is 8.62. The van der Waals surface area contributed by atoms with Crippen LogP contribution in [0.4, 0.5) is 0 Å². The maximum Gasteiger partial charge on any atom is 0.241 e. The lowest BCUT2D eigenvalue weighted by molar-refractivity contribution is 0.414. The van der Waals surface area contributed by atoms with Crippen molar-refractivity contribution in [3.8, 4) is 5.75 Å². The zero-order valence-corrected chi connectivity index (χ0v) is 14.1. The van der Waals surface area contributed by atoms with Gasteiger partial charge in [-0.3, -0.25) is 0 Å². The van der Waals surface area contributed by atoms with Crippen molar-refractivity contribution in [3.05, 3.63) is 58.6 Å². The van der Waals surface area contributed by atoms with Crippen molar-refractivity contribution in [2.45, 2.75) is 17.9 Å². The van der Waals surface area contributed by atoms with Gasteiger partial charge >= 0.3 is 0 Å². The summed E-state index contributed by atoms with van der Waals surface area (Å²) in [7, 11) is -2.04. The smallest absolute Gasteiger partial charge is 0.241 e. The first kappa shape index (κ1) is 16.0. The highest BCUT2D eigenvalue weighted by atomic mass is 79.9. The molecule has 6 heteroatoms. The SMILES string of the molecule is COc1ccc(S(=O)(=O)N[C@H](C)c2ccccc2Br)cc1. The normalized spacial score (nSPS) is 12.9. The van der Waals surface area contributed by atoms with Gasteiger partial charge in [0.25, 0.3) is 0 Å². The molecule has 0 unspecified atom stereocenters. The maximum atomic E-state index is 12.4. The molecule has 0 radical (unpaired) electrons. The predicted octanol–water partition coefficient (Wildman–Crippen LogP) is 3.50. The third-order valence-electron chi connectivity index (χ3n) is 3.07. The molecule has 0 fully saturated rings. The molecule has 0 saturated heterocycles. The van der Waals surface area contributed by atoms with Crippen LogP contribution >= 0.6 is 15.9 Å². The molecule has 112 valence electrons. The molecule has 21 heavy (non-hydrogen) atoms. The highest BCUT2D eigenvalue weighted by Gasteiger charge is 2.19. The van der Waals surface area contributed by atoms with Crippen LogP contribution in [-0.4, -0.2) is 15.5 Å². The second-order valence-corrected chi connectivity index (χ2v) is 7.11.